The van der Waals surface area contributed by atoms with E-state index in [2.05, 4.69) is 13.8 Å². The molecular formula is C10H19Cl. The van der Waals surface area contributed by atoms with Gasteiger partial charge in [0.1, 0.15) is 0 Å². The van der Waals surface area contributed by atoms with Gasteiger partial charge in [-0.2, -0.15) is 0 Å². The maximum absolute atomic E-state index is 6.23. The van der Waals surface area contributed by atoms with Gasteiger partial charge in [-0.3, -0.25) is 0 Å². The largest absolute Gasteiger partial charge is 0.123 e. The monoisotopic (exact) mass is 174 g/mol. The van der Waals surface area contributed by atoms with Crippen LogP contribution in [0.15, 0.2) is 0 Å². The van der Waals surface area contributed by atoms with E-state index in [-0.39, 0.29) is 0 Å². The van der Waals surface area contributed by atoms with Gasteiger partial charge in [0.15, 0.2) is 0 Å². The zero-order valence-corrected chi connectivity index (χ0v) is 8.40. The Labute approximate surface area is 75.3 Å². The minimum absolute atomic E-state index is 0.478. The van der Waals surface area contributed by atoms with Crippen molar-refractivity contribution in [2.24, 2.45) is 11.8 Å². The molecule has 0 nitrogen and oxygen atoms in total. The van der Waals surface area contributed by atoms with Crippen LogP contribution >= 0.6 is 11.6 Å². The summed E-state index contributed by atoms with van der Waals surface area (Å²) in [5.74, 6) is 1.73. The van der Waals surface area contributed by atoms with Gasteiger partial charge < -0.3 is 0 Å². The summed E-state index contributed by atoms with van der Waals surface area (Å²) in [6.07, 6.45) is 6.57. The second kappa shape index (κ2) is 4.35. The molecule has 0 aromatic carbocycles. The van der Waals surface area contributed by atoms with Crippen LogP contribution in [0.25, 0.3) is 0 Å². The summed E-state index contributed by atoms with van der Waals surface area (Å²) in [4.78, 5) is 0. The molecule has 0 amide bonds. The number of hydrogen-bond donors (Lipinski definition) is 0. The molecule has 1 saturated carbocycles. The average molecular weight is 175 g/mol. The Kier molecular flexibility index (Phi) is 3.71. The van der Waals surface area contributed by atoms with Crippen molar-refractivity contribution in [3.05, 3.63) is 0 Å². The summed E-state index contributed by atoms with van der Waals surface area (Å²) >= 11 is 6.23. The zero-order chi connectivity index (χ0) is 8.27. The van der Waals surface area contributed by atoms with Crippen molar-refractivity contribution in [3.8, 4) is 0 Å². The smallest absolute Gasteiger partial charge is 0.0364 e. The van der Waals surface area contributed by atoms with Gasteiger partial charge in [0.2, 0.25) is 0 Å². The van der Waals surface area contributed by atoms with E-state index in [1.807, 2.05) is 0 Å². The second-order valence-electron chi connectivity index (χ2n) is 3.98. The van der Waals surface area contributed by atoms with Crippen LogP contribution in [0.3, 0.4) is 0 Å². The van der Waals surface area contributed by atoms with E-state index < -0.39 is 0 Å². The lowest BCUT2D eigenvalue weighted by Crippen LogP contribution is -2.23. The van der Waals surface area contributed by atoms with Crippen LogP contribution in [0.2, 0.25) is 0 Å². The molecule has 0 bridgehead atoms. The van der Waals surface area contributed by atoms with Crippen LogP contribution in [-0.4, -0.2) is 5.38 Å². The van der Waals surface area contributed by atoms with Crippen molar-refractivity contribution in [2.75, 3.05) is 0 Å². The zero-order valence-electron chi connectivity index (χ0n) is 7.65. The molecule has 1 heteroatoms. The van der Waals surface area contributed by atoms with Gasteiger partial charge in [-0.1, -0.05) is 20.3 Å². The summed E-state index contributed by atoms with van der Waals surface area (Å²) in [6, 6.07) is 0. The maximum atomic E-state index is 6.23. The summed E-state index contributed by atoms with van der Waals surface area (Å²) in [6.45, 7) is 4.61. The molecule has 0 aliphatic heterocycles. The molecule has 3 atom stereocenters. The Hall–Kier alpha value is 0.290. The summed E-state index contributed by atoms with van der Waals surface area (Å²) in [7, 11) is 0. The van der Waals surface area contributed by atoms with E-state index in [0.717, 1.165) is 11.8 Å². The molecule has 0 aromatic heterocycles. The Balaban J connectivity index is 2.34. The topological polar surface area (TPSA) is 0 Å². The molecule has 1 fully saturated rings. The third-order valence-electron chi connectivity index (χ3n) is 2.81. The lowest BCUT2D eigenvalue weighted by molar-refractivity contribution is 0.274. The lowest BCUT2D eigenvalue weighted by atomic mass is 9.80. The molecule has 1 aliphatic carbocycles. The van der Waals surface area contributed by atoms with Crippen LogP contribution in [0.5, 0.6) is 0 Å². The highest BCUT2D eigenvalue weighted by molar-refractivity contribution is 6.20. The SMILES string of the molecule is CCCC1CC(C)CCC1Cl. The number of halogens is 1. The molecule has 1 aliphatic rings. The molecule has 0 spiro atoms. The van der Waals surface area contributed by atoms with Crippen molar-refractivity contribution in [2.45, 2.75) is 51.3 Å². The van der Waals surface area contributed by atoms with E-state index in [1.165, 1.54) is 32.1 Å². The molecule has 0 aromatic rings. The lowest BCUT2D eigenvalue weighted by Gasteiger charge is -2.30. The first-order valence-corrected chi connectivity index (χ1v) is 5.31. The fourth-order valence-corrected chi connectivity index (χ4v) is 2.49. The Morgan fingerprint density at radius 1 is 1.36 bits per heavy atom. The summed E-state index contributed by atoms with van der Waals surface area (Å²) in [5, 5.41) is 0.478. The minimum atomic E-state index is 0.478. The van der Waals surface area contributed by atoms with Crippen molar-refractivity contribution >= 4 is 11.6 Å². The van der Waals surface area contributed by atoms with Gasteiger partial charge in [0.25, 0.3) is 0 Å². The Morgan fingerprint density at radius 2 is 2.09 bits per heavy atom. The third kappa shape index (κ3) is 2.66. The molecule has 3 unspecified atom stereocenters. The Bertz CT molecular complexity index is 111. The van der Waals surface area contributed by atoms with Crippen LogP contribution in [-0.2, 0) is 0 Å². The molecule has 0 radical (unpaired) electrons. The van der Waals surface area contributed by atoms with E-state index in [9.17, 15) is 0 Å². The van der Waals surface area contributed by atoms with E-state index in [4.69, 9.17) is 11.6 Å². The summed E-state index contributed by atoms with van der Waals surface area (Å²) < 4.78 is 0. The van der Waals surface area contributed by atoms with Crippen LogP contribution in [0.4, 0.5) is 0 Å². The molecule has 11 heavy (non-hydrogen) atoms. The predicted molar refractivity (Wildman–Crippen MR) is 51.1 cm³/mol. The van der Waals surface area contributed by atoms with Gasteiger partial charge in [-0.25, -0.2) is 0 Å². The van der Waals surface area contributed by atoms with Gasteiger partial charge in [0, 0.05) is 5.38 Å². The van der Waals surface area contributed by atoms with E-state index in [1.54, 1.807) is 0 Å². The first kappa shape index (κ1) is 9.38. The molecule has 66 valence electrons. The van der Waals surface area contributed by atoms with E-state index >= 15 is 0 Å². The maximum Gasteiger partial charge on any atom is 0.0364 e. The molecular weight excluding hydrogens is 156 g/mol. The van der Waals surface area contributed by atoms with Crippen molar-refractivity contribution in [1.82, 2.24) is 0 Å². The standard InChI is InChI=1S/C10H19Cl/c1-3-4-9-7-8(2)5-6-10(9)11/h8-10H,3-7H2,1-2H3. The van der Waals surface area contributed by atoms with Gasteiger partial charge in [0.05, 0.1) is 0 Å². The quantitative estimate of drug-likeness (QED) is 0.559. The molecule has 0 heterocycles. The highest BCUT2D eigenvalue weighted by Gasteiger charge is 2.25. The predicted octanol–water partition coefficient (Wildman–Crippen LogP) is 3.83. The van der Waals surface area contributed by atoms with Gasteiger partial charge in [-0.15, -0.1) is 11.6 Å². The number of rotatable bonds is 2. The first-order chi connectivity index (χ1) is 5.24. The van der Waals surface area contributed by atoms with Crippen LogP contribution < -0.4 is 0 Å². The molecule has 1 rings (SSSR count). The van der Waals surface area contributed by atoms with Gasteiger partial charge in [-0.05, 0) is 37.5 Å². The van der Waals surface area contributed by atoms with Crippen molar-refractivity contribution in [3.63, 3.8) is 0 Å². The fraction of sp³-hybridized carbons (Fsp3) is 1.00. The first-order valence-electron chi connectivity index (χ1n) is 4.88. The Morgan fingerprint density at radius 3 is 2.73 bits per heavy atom. The van der Waals surface area contributed by atoms with Crippen LogP contribution in [0.1, 0.15) is 46.0 Å². The molecule has 0 N–H and O–H groups in total. The fourth-order valence-electron chi connectivity index (χ4n) is 2.13. The number of alkyl halides is 1. The van der Waals surface area contributed by atoms with Gasteiger partial charge >= 0.3 is 0 Å². The third-order valence-corrected chi connectivity index (χ3v) is 3.39. The average Bonchev–Trinajstić information content (AvgIpc) is 1.98. The molecule has 0 saturated heterocycles. The minimum Gasteiger partial charge on any atom is -0.123 e. The second-order valence-corrected chi connectivity index (χ2v) is 4.54. The number of hydrogen-bond acceptors (Lipinski definition) is 0. The highest BCUT2D eigenvalue weighted by atomic mass is 35.5. The normalized spacial score (nSPS) is 39.0. The van der Waals surface area contributed by atoms with Crippen molar-refractivity contribution < 1.29 is 0 Å². The van der Waals surface area contributed by atoms with E-state index in [0.29, 0.717) is 5.38 Å². The van der Waals surface area contributed by atoms with Crippen molar-refractivity contribution in [1.29, 1.82) is 0 Å². The van der Waals surface area contributed by atoms with Crippen LogP contribution in [0, 0.1) is 11.8 Å². The highest BCUT2D eigenvalue weighted by Crippen LogP contribution is 2.34. The summed E-state index contributed by atoms with van der Waals surface area (Å²) in [5.41, 5.74) is 0.